The molecule has 4 heteroatoms. The first-order valence-electron chi connectivity index (χ1n) is 6.07. The monoisotopic (exact) mass is 240 g/mol. The normalized spacial score (nSPS) is 19.9. The molecule has 0 saturated carbocycles. The van der Waals surface area contributed by atoms with E-state index in [-0.39, 0.29) is 6.10 Å². The van der Waals surface area contributed by atoms with Crippen LogP contribution in [0.5, 0.6) is 0 Å². The van der Waals surface area contributed by atoms with Crippen LogP contribution in [0.25, 0.3) is 0 Å². The molecule has 1 N–H and O–H groups in total. The van der Waals surface area contributed by atoms with Crippen molar-refractivity contribution in [3.8, 4) is 0 Å². The Hall–Kier alpha value is -0.610. The molecule has 1 aromatic heterocycles. The van der Waals surface area contributed by atoms with Crippen LogP contribution >= 0.6 is 11.3 Å². The molecule has 1 aromatic rings. The molecule has 0 amide bonds. The minimum Gasteiger partial charge on any atom is -0.388 e. The van der Waals surface area contributed by atoms with E-state index in [1.54, 1.807) is 11.3 Å². The van der Waals surface area contributed by atoms with Gasteiger partial charge in [0.1, 0.15) is 0 Å². The average molecular weight is 240 g/mol. The largest absolute Gasteiger partial charge is 0.388 e. The Kier molecular flexibility index (Phi) is 3.50. The summed E-state index contributed by atoms with van der Waals surface area (Å²) in [5.41, 5.74) is 1.12. The number of rotatable bonds is 3. The van der Waals surface area contributed by atoms with Gasteiger partial charge in [-0.15, -0.1) is 0 Å². The SMILES string of the molecule is CCN(c1nc2c(s1)C(O)CCC2)C(C)C. The van der Waals surface area contributed by atoms with Crippen LogP contribution in [0.1, 0.15) is 50.3 Å². The lowest BCUT2D eigenvalue weighted by atomic mass is 10.0. The van der Waals surface area contributed by atoms with Crippen LogP contribution in [0.3, 0.4) is 0 Å². The molecule has 1 atom stereocenters. The zero-order chi connectivity index (χ0) is 11.7. The molecule has 1 aliphatic carbocycles. The van der Waals surface area contributed by atoms with Gasteiger partial charge >= 0.3 is 0 Å². The second-order valence-electron chi connectivity index (χ2n) is 4.60. The van der Waals surface area contributed by atoms with Crippen LogP contribution in [0, 0.1) is 0 Å². The standard InChI is InChI=1S/C12H20N2OS/c1-4-14(8(2)3)12-13-9-6-5-7-10(15)11(9)16-12/h8,10,15H,4-7H2,1-3H3. The van der Waals surface area contributed by atoms with Gasteiger partial charge in [-0.1, -0.05) is 11.3 Å². The third-order valence-electron chi connectivity index (χ3n) is 3.12. The lowest BCUT2D eigenvalue weighted by molar-refractivity contribution is 0.160. The summed E-state index contributed by atoms with van der Waals surface area (Å²) in [5, 5.41) is 11.0. The van der Waals surface area contributed by atoms with Gasteiger partial charge in [0.25, 0.3) is 0 Å². The predicted molar refractivity (Wildman–Crippen MR) is 68.2 cm³/mol. The highest BCUT2D eigenvalue weighted by Crippen LogP contribution is 2.37. The molecule has 0 saturated heterocycles. The van der Waals surface area contributed by atoms with Crippen molar-refractivity contribution in [2.45, 2.75) is 52.2 Å². The van der Waals surface area contributed by atoms with E-state index in [4.69, 9.17) is 0 Å². The number of aromatic nitrogens is 1. The van der Waals surface area contributed by atoms with Crippen molar-refractivity contribution in [1.82, 2.24) is 4.98 Å². The minimum absolute atomic E-state index is 0.277. The lowest BCUT2D eigenvalue weighted by Gasteiger charge is -2.24. The number of aliphatic hydroxyl groups is 1. The summed E-state index contributed by atoms with van der Waals surface area (Å²) in [4.78, 5) is 8.06. The van der Waals surface area contributed by atoms with Gasteiger partial charge < -0.3 is 10.0 Å². The fraction of sp³-hybridized carbons (Fsp3) is 0.750. The smallest absolute Gasteiger partial charge is 0.186 e. The first-order chi connectivity index (χ1) is 7.63. The number of anilines is 1. The molecule has 16 heavy (non-hydrogen) atoms. The molecule has 0 aliphatic heterocycles. The molecule has 1 heterocycles. The van der Waals surface area contributed by atoms with Crippen molar-refractivity contribution in [2.24, 2.45) is 0 Å². The van der Waals surface area contributed by atoms with Crippen molar-refractivity contribution < 1.29 is 5.11 Å². The maximum atomic E-state index is 9.92. The summed E-state index contributed by atoms with van der Waals surface area (Å²) >= 11 is 1.67. The molecule has 0 spiro atoms. The van der Waals surface area contributed by atoms with Crippen LogP contribution in [0.2, 0.25) is 0 Å². The minimum atomic E-state index is -0.277. The van der Waals surface area contributed by atoms with E-state index in [1.165, 1.54) is 0 Å². The zero-order valence-electron chi connectivity index (χ0n) is 10.2. The molecule has 1 aliphatic rings. The van der Waals surface area contributed by atoms with E-state index in [0.717, 1.165) is 41.5 Å². The van der Waals surface area contributed by atoms with Gasteiger partial charge in [0.05, 0.1) is 16.7 Å². The van der Waals surface area contributed by atoms with Gasteiger partial charge in [0, 0.05) is 12.6 Å². The highest BCUT2D eigenvalue weighted by Gasteiger charge is 2.24. The molecule has 90 valence electrons. The first kappa shape index (κ1) is 11.9. The van der Waals surface area contributed by atoms with Crippen LogP contribution in [-0.4, -0.2) is 22.7 Å². The Labute approximate surface area is 101 Å². The number of aliphatic hydroxyl groups excluding tert-OH is 1. The van der Waals surface area contributed by atoms with Crippen LogP contribution in [-0.2, 0) is 6.42 Å². The molecule has 0 radical (unpaired) electrons. The Morgan fingerprint density at radius 2 is 2.31 bits per heavy atom. The van der Waals surface area contributed by atoms with Crippen LogP contribution < -0.4 is 4.90 Å². The zero-order valence-corrected chi connectivity index (χ0v) is 11.0. The number of hydrogen-bond donors (Lipinski definition) is 1. The van der Waals surface area contributed by atoms with Gasteiger partial charge in [-0.3, -0.25) is 0 Å². The van der Waals surface area contributed by atoms with Crippen molar-refractivity contribution >= 4 is 16.5 Å². The second-order valence-corrected chi connectivity index (χ2v) is 5.60. The molecule has 3 nitrogen and oxygen atoms in total. The van der Waals surface area contributed by atoms with Crippen LogP contribution in [0.15, 0.2) is 0 Å². The van der Waals surface area contributed by atoms with E-state index in [2.05, 4.69) is 30.7 Å². The van der Waals surface area contributed by atoms with Crippen LogP contribution in [0.4, 0.5) is 5.13 Å². The van der Waals surface area contributed by atoms with Crippen molar-refractivity contribution in [3.05, 3.63) is 10.6 Å². The third kappa shape index (κ3) is 2.09. The number of hydrogen-bond acceptors (Lipinski definition) is 4. The molecule has 1 unspecified atom stereocenters. The summed E-state index contributed by atoms with van der Waals surface area (Å²) in [6.07, 6.45) is 2.70. The quantitative estimate of drug-likeness (QED) is 0.882. The maximum absolute atomic E-state index is 9.92. The Balaban J connectivity index is 2.29. The summed E-state index contributed by atoms with van der Waals surface area (Å²) in [5.74, 6) is 0. The van der Waals surface area contributed by atoms with Crippen molar-refractivity contribution in [3.63, 3.8) is 0 Å². The molecule has 2 rings (SSSR count). The third-order valence-corrected chi connectivity index (χ3v) is 4.36. The fourth-order valence-electron chi connectivity index (χ4n) is 2.23. The first-order valence-corrected chi connectivity index (χ1v) is 6.89. The number of fused-ring (bicyclic) bond motifs is 1. The Bertz CT molecular complexity index is 362. The Morgan fingerprint density at radius 1 is 1.56 bits per heavy atom. The molecule has 0 fully saturated rings. The highest BCUT2D eigenvalue weighted by atomic mass is 32.1. The van der Waals surface area contributed by atoms with E-state index in [1.807, 2.05) is 0 Å². The molecule has 0 bridgehead atoms. The van der Waals surface area contributed by atoms with Gasteiger partial charge in [0.2, 0.25) is 0 Å². The number of aryl methyl sites for hydroxylation is 1. The van der Waals surface area contributed by atoms with E-state index in [9.17, 15) is 5.11 Å². The summed E-state index contributed by atoms with van der Waals surface area (Å²) in [6.45, 7) is 7.48. The van der Waals surface area contributed by atoms with Gasteiger partial charge in [-0.2, -0.15) is 0 Å². The highest BCUT2D eigenvalue weighted by molar-refractivity contribution is 7.15. The second kappa shape index (κ2) is 4.72. The summed E-state index contributed by atoms with van der Waals surface area (Å²) in [7, 11) is 0. The number of nitrogens with zero attached hydrogens (tertiary/aromatic N) is 2. The van der Waals surface area contributed by atoms with Gasteiger partial charge in [-0.05, 0) is 40.0 Å². The van der Waals surface area contributed by atoms with E-state index >= 15 is 0 Å². The summed E-state index contributed by atoms with van der Waals surface area (Å²) in [6, 6.07) is 0.467. The Morgan fingerprint density at radius 3 is 2.88 bits per heavy atom. The number of thiazole rings is 1. The average Bonchev–Trinajstić information content (AvgIpc) is 2.63. The molecular formula is C12H20N2OS. The van der Waals surface area contributed by atoms with Crippen molar-refractivity contribution in [2.75, 3.05) is 11.4 Å². The van der Waals surface area contributed by atoms with Gasteiger partial charge in [0.15, 0.2) is 5.13 Å². The maximum Gasteiger partial charge on any atom is 0.186 e. The van der Waals surface area contributed by atoms with E-state index < -0.39 is 0 Å². The predicted octanol–water partition coefficient (Wildman–Crippen LogP) is 2.75. The molecule has 0 aromatic carbocycles. The van der Waals surface area contributed by atoms with Crippen molar-refractivity contribution in [1.29, 1.82) is 0 Å². The lowest BCUT2D eigenvalue weighted by Crippen LogP contribution is -2.30. The van der Waals surface area contributed by atoms with Gasteiger partial charge in [-0.25, -0.2) is 4.98 Å². The summed E-state index contributed by atoms with van der Waals surface area (Å²) < 4.78 is 0. The topological polar surface area (TPSA) is 36.4 Å². The van der Waals surface area contributed by atoms with E-state index in [0.29, 0.717) is 6.04 Å². The fourth-order valence-corrected chi connectivity index (χ4v) is 3.56. The molecular weight excluding hydrogens is 220 g/mol.